The molecule has 41 heavy (non-hydrogen) atoms. The summed E-state index contributed by atoms with van der Waals surface area (Å²) >= 11 is 0. The van der Waals surface area contributed by atoms with E-state index in [0.717, 1.165) is 0 Å². The van der Waals surface area contributed by atoms with E-state index in [9.17, 15) is 36.8 Å². The molecule has 0 saturated heterocycles. The summed E-state index contributed by atoms with van der Waals surface area (Å²) in [7, 11) is -0.0936. The van der Waals surface area contributed by atoms with Crippen molar-refractivity contribution in [3.05, 3.63) is 59.0 Å². The second-order valence-electron chi connectivity index (χ2n) is 8.76. The number of hydrogen-bond donors (Lipinski definition) is 5. The third kappa shape index (κ3) is 6.54. The monoisotopic (exact) mass is 595 g/mol. The summed E-state index contributed by atoms with van der Waals surface area (Å²) in [6.45, 7) is -0.150. The van der Waals surface area contributed by atoms with Crippen LogP contribution in [0.2, 0.25) is 0 Å². The van der Waals surface area contributed by atoms with Crippen molar-refractivity contribution in [3.8, 4) is 17.1 Å². The molecule has 218 valence electrons. The van der Waals surface area contributed by atoms with Crippen LogP contribution in [0, 0.1) is 5.82 Å². The van der Waals surface area contributed by atoms with Crippen LogP contribution in [-0.4, -0.2) is 73.1 Å². The van der Waals surface area contributed by atoms with Crippen LogP contribution in [-0.2, 0) is 24.0 Å². The van der Waals surface area contributed by atoms with E-state index in [-0.39, 0.29) is 53.6 Å². The van der Waals surface area contributed by atoms with Gasteiger partial charge < -0.3 is 20.8 Å². The molecule has 0 bridgehead atoms. The molecule has 4 rings (SSSR count). The smallest absolute Gasteiger partial charge is 0.393 e. The highest BCUT2D eigenvalue weighted by Crippen LogP contribution is 2.35. The standard InChI is InChI=1S/C25H25F4N7O4S/c1-30-24(39)20-19-22(31-12-13-5-3-4-6-17(13)36(7-8-37)41(2)40)32-21(33-23(19)35-34-20)15-10-16(26)18(38)9-14(15)11-25(27,28)29/h3-6,9-10,37-38H,7-8,11-12H2,1-2H3,(H,30,39)(H2,31,32,33,34,35). The highest BCUT2D eigenvalue weighted by molar-refractivity contribution is 7.85. The summed E-state index contributed by atoms with van der Waals surface area (Å²) in [5.74, 6) is -3.06. The van der Waals surface area contributed by atoms with Gasteiger partial charge in [0.25, 0.3) is 5.91 Å². The van der Waals surface area contributed by atoms with E-state index in [4.69, 9.17) is 0 Å². The van der Waals surface area contributed by atoms with Crippen LogP contribution in [0.5, 0.6) is 5.75 Å². The largest absolute Gasteiger partial charge is 0.505 e. The molecule has 0 aliphatic heterocycles. The number of aliphatic hydroxyl groups is 1. The van der Waals surface area contributed by atoms with Gasteiger partial charge in [-0.05, 0) is 29.3 Å². The first-order chi connectivity index (χ1) is 19.4. The average Bonchev–Trinajstić information content (AvgIpc) is 3.35. The van der Waals surface area contributed by atoms with Crippen LogP contribution in [0.1, 0.15) is 21.6 Å². The average molecular weight is 596 g/mol. The highest BCUT2D eigenvalue weighted by atomic mass is 32.2. The maximum Gasteiger partial charge on any atom is 0.393 e. The molecule has 0 aliphatic carbocycles. The van der Waals surface area contributed by atoms with E-state index in [0.29, 0.717) is 23.4 Å². The Morgan fingerprint density at radius 1 is 1.17 bits per heavy atom. The molecule has 0 radical (unpaired) electrons. The molecule has 2 aromatic heterocycles. The fourth-order valence-electron chi connectivity index (χ4n) is 4.20. The maximum absolute atomic E-state index is 14.3. The van der Waals surface area contributed by atoms with Gasteiger partial charge in [0, 0.05) is 25.4 Å². The zero-order valence-electron chi connectivity index (χ0n) is 21.7. The number of aromatic hydroxyl groups is 1. The number of H-pyrrole nitrogens is 1. The van der Waals surface area contributed by atoms with E-state index in [1.165, 1.54) is 17.6 Å². The van der Waals surface area contributed by atoms with Crippen LogP contribution < -0.4 is 14.9 Å². The number of amides is 1. The molecule has 1 amide bonds. The van der Waals surface area contributed by atoms with E-state index in [1.54, 1.807) is 24.3 Å². The predicted molar refractivity (Wildman–Crippen MR) is 144 cm³/mol. The van der Waals surface area contributed by atoms with Crippen molar-refractivity contribution in [1.82, 2.24) is 25.5 Å². The number of carbonyl (C=O) groups is 1. The minimum Gasteiger partial charge on any atom is -0.505 e. The number of carbonyl (C=O) groups excluding carboxylic acids is 1. The maximum atomic E-state index is 14.3. The molecule has 0 spiro atoms. The van der Waals surface area contributed by atoms with Crippen molar-refractivity contribution in [3.63, 3.8) is 0 Å². The molecule has 16 heteroatoms. The van der Waals surface area contributed by atoms with Gasteiger partial charge in [0.15, 0.2) is 23.0 Å². The summed E-state index contributed by atoms with van der Waals surface area (Å²) < 4.78 is 68.1. The van der Waals surface area contributed by atoms with Gasteiger partial charge in [-0.1, -0.05) is 18.2 Å². The minimum atomic E-state index is -4.69. The Morgan fingerprint density at radius 3 is 2.56 bits per heavy atom. The number of nitrogens with one attached hydrogen (secondary N) is 3. The number of aliphatic hydroxyl groups excluding tert-OH is 1. The summed E-state index contributed by atoms with van der Waals surface area (Å²) in [6.07, 6.45) is -4.73. The van der Waals surface area contributed by atoms with Gasteiger partial charge in [-0.2, -0.15) is 18.3 Å². The number of aromatic amines is 1. The Bertz CT molecular complexity index is 1610. The lowest BCUT2D eigenvalue weighted by Gasteiger charge is -2.23. The van der Waals surface area contributed by atoms with Crippen molar-refractivity contribution in [2.45, 2.75) is 19.1 Å². The molecule has 11 nitrogen and oxygen atoms in total. The number of phenolic OH excluding ortho intramolecular Hbond substituents is 1. The lowest BCUT2D eigenvalue weighted by molar-refractivity contribution is -0.127. The van der Waals surface area contributed by atoms with Gasteiger partial charge in [-0.15, -0.1) is 0 Å². The Kier molecular flexibility index (Phi) is 8.72. The fourth-order valence-corrected chi connectivity index (χ4v) is 4.99. The number of aromatic nitrogens is 4. The Balaban J connectivity index is 1.86. The Labute approximate surface area is 233 Å². The number of halogens is 4. The summed E-state index contributed by atoms with van der Waals surface area (Å²) in [5, 5.41) is 31.4. The van der Waals surface area contributed by atoms with Crippen LogP contribution in [0.3, 0.4) is 0 Å². The Hall–Kier alpha value is -4.31. The first kappa shape index (κ1) is 29.7. The molecule has 0 saturated carbocycles. The third-order valence-electron chi connectivity index (χ3n) is 5.99. The van der Waals surface area contributed by atoms with E-state index in [1.807, 2.05) is 0 Å². The first-order valence-electron chi connectivity index (χ1n) is 12.0. The SMILES string of the molecule is CNC(=O)c1[nH]nc2nc(-c3cc(F)c(O)cc3CC(F)(F)F)nc(NCc3ccccc3N(CCO)S(C)=O)c12. The number of fused-ring (bicyclic) bond motifs is 1. The van der Waals surface area contributed by atoms with Gasteiger partial charge in [0.1, 0.15) is 22.5 Å². The fraction of sp³-hybridized carbons (Fsp3) is 0.280. The Morgan fingerprint density at radius 2 is 1.90 bits per heavy atom. The van der Waals surface area contributed by atoms with Gasteiger partial charge in [-0.3, -0.25) is 14.2 Å². The second kappa shape index (κ2) is 12.1. The van der Waals surface area contributed by atoms with E-state index >= 15 is 0 Å². The van der Waals surface area contributed by atoms with Crippen LogP contribution in [0.4, 0.5) is 29.1 Å². The number of benzene rings is 2. The van der Waals surface area contributed by atoms with Crippen molar-refractivity contribution >= 4 is 39.4 Å². The molecule has 1 unspecified atom stereocenters. The van der Waals surface area contributed by atoms with Gasteiger partial charge in [-0.25, -0.2) is 18.6 Å². The summed E-state index contributed by atoms with van der Waals surface area (Å²) in [6, 6.07) is 8.24. The molecular weight excluding hydrogens is 570 g/mol. The number of rotatable bonds is 10. The normalized spacial score (nSPS) is 12.4. The number of nitrogens with zero attached hydrogens (tertiary/aromatic N) is 4. The quantitative estimate of drug-likeness (QED) is 0.175. The number of para-hydroxylation sites is 1. The minimum absolute atomic E-state index is 0.00933. The predicted octanol–water partition coefficient (Wildman–Crippen LogP) is 3.03. The van der Waals surface area contributed by atoms with Gasteiger partial charge >= 0.3 is 6.18 Å². The number of alkyl halides is 3. The lowest BCUT2D eigenvalue weighted by Crippen LogP contribution is -2.29. The molecule has 1 atom stereocenters. The second-order valence-corrected chi connectivity index (χ2v) is 10.0. The topological polar surface area (TPSA) is 156 Å². The van der Waals surface area contributed by atoms with Crippen molar-refractivity contribution in [2.75, 3.05) is 36.1 Å². The number of anilines is 2. The van der Waals surface area contributed by atoms with Crippen LogP contribution in [0.25, 0.3) is 22.4 Å². The molecule has 2 heterocycles. The molecular formula is C25H25F4N7O4S. The highest BCUT2D eigenvalue weighted by Gasteiger charge is 2.31. The zero-order chi connectivity index (χ0) is 29.9. The van der Waals surface area contributed by atoms with Crippen molar-refractivity contribution < 1.29 is 36.8 Å². The molecule has 0 fully saturated rings. The number of phenols is 1. The molecule has 4 aromatic rings. The van der Waals surface area contributed by atoms with Gasteiger partial charge in [0.2, 0.25) is 0 Å². The third-order valence-corrected chi connectivity index (χ3v) is 6.99. The summed E-state index contributed by atoms with van der Waals surface area (Å²) in [5.41, 5.74) is 0.221. The molecule has 2 aromatic carbocycles. The number of hydrogen-bond acceptors (Lipinski definition) is 8. The first-order valence-corrected chi connectivity index (χ1v) is 13.6. The molecule has 0 aliphatic rings. The zero-order valence-corrected chi connectivity index (χ0v) is 22.5. The van der Waals surface area contributed by atoms with E-state index in [2.05, 4.69) is 30.8 Å². The van der Waals surface area contributed by atoms with E-state index < -0.39 is 46.6 Å². The molecule has 5 N–H and O–H groups in total. The summed E-state index contributed by atoms with van der Waals surface area (Å²) in [4.78, 5) is 21.1. The lowest BCUT2D eigenvalue weighted by atomic mass is 10.0. The van der Waals surface area contributed by atoms with Crippen molar-refractivity contribution in [2.24, 2.45) is 0 Å². The van der Waals surface area contributed by atoms with Gasteiger partial charge in [0.05, 0.1) is 30.6 Å². The van der Waals surface area contributed by atoms with Crippen LogP contribution >= 0.6 is 0 Å². The van der Waals surface area contributed by atoms with Crippen LogP contribution in [0.15, 0.2) is 36.4 Å². The van der Waals surface area contributed by atoms with Crippen molar-refractivity contribution in [1.29, 1.82) is 0 Å².